The molecule has 23 heavy (non-hydrogen) atoms. The average molecular weight is 322 g/mol. The summed E-state index contributed by atoms with van der Waals surface area (Å²) in [5.74, 6) is 2.21. The van der Waals surface area contributed by atoms with Crippen LogP contribution in [0.4, 0.5) is 0 Å². The Hall–Kier alpha value is -2.59. The fourth-order valence-corrected chi connectivity index (χ4v) is 3.22. The normalized spacial score (nSPS) is 11.2. The van der Waals surface area contributed by atoms with Crippen molar-refractivity contribution in [1.82, 2.24) is 0 Å². The van der Waals surface area contributed by atoms with Gasteiger partial charge in [-0.25, -0.2) is 0 Å². The third-order valence-electron chi connectivity index (χ3n) is 3.95. The largest absolute Gasteiger partial charge is 0.497 e. The van der Waals surface area contributed by atoms with Gasteiger partial charge in [-0.15, -0.1) is 0 Å². The molecule has 0 saturated carbocycles. The van der Waals surface area contributed by atoms with E-state index in [1.807, 2.05) is 55.5 Å². The van der Waals surface area contributed by atoms with Gasteiger partial charge >= 0.3 is 0 Å². The van der Waals surface area contributed by atoms with Gasteiger partial charge in [0.25, 0.3) is 0 Å². The van der Waals surface area contributed by atoms with E-state index in [1.54, 1.807) is 7.11 Å². The number of hydrogen-bond donors (Lipinski definition) is 0. The molecule has 0 fully saturated rings. The zero-order valence-electron chi connectivity index (χ0n) is 12.8. The topological polar surface area (TPSA) is 35.5 Å². The van der Waals surface area contributed by atoms with E-state index in [2.05, 4.69) is 0 Å². The Labute approximate surface area is 138 Å². The maximum absolute atomic E-state index is 5.96. The zero-order chi connectivity index (χ0) is 16.0. The number of hydrogen-bond acceptors (Lipinski definition) is 4. The second kappa shape index (κ2) is 5.25. The maximum Gasteiger partial charge on any atom is 0.140 e. The molecule has 114 valence electrons. The summed E-state index contributed by atoms with van der Waals surface area (Å²) in [6.07, 6.45) is 0. The molecule has 0 saturated heterocycles. The Bertz CT molecular complexity index is 1060. The molecule has 4 rings (SSSR count). The first-order valence-electron chi connectivity index (χ1n) is 7.28. The molecule has 0 radical (unpaired) electrons. The van der Waals surface area contributed by atoms with Crippen molar-refractivity contribution < 1.29 is 13.6 Å². The molecular formula is C19H14O3S. The van der Waals surface area contributed by atoms with Gasteiger partial charge in [-0.2, -0.15) is 0 Å². The molecule has 3 nitrogen and oxygen atoms in total. The molecule has 2 heterocycles. The quantitative estimate of drug-likeness (QED) is 0.431. The van der Waals surface area contributed by atoms with E-state index in [0.717, 1.165) is 43.7 Å². The van der Waals surface area contributed by atoms with Gasteiger partial charge in [0.15, 0.2) is 0 Å². The number of benzene rings is 2. The summed E-state index contributed by atoms with van der Waals surface area (Å²) in [7, 11) is 1.63. The highest BCUT2D eigenvalue weighted by molar-refractivity contribution is 7.71. The van der Waals surface area contributed by atoms with Crippen LogP contribution in [0.5, 0.6) is 5.75 Å². The second-order valence-corrected chi connectivity index (χ2v) is 5.78. The summed E-state index contributed by atoms with van der Waals surface area (Å²) >= 11 is 5.69. The Morgan fingerprint density at radius 1 is 0.957 bits per heavy atom. The predicted molar refractivity (Wildman–Crippen MR) is 93.5 cm³/mol. The molecule has 0 atom stereocenters. The van der Waals surface area contributed by atoms with Crippen molar-refractivity contribution in [2.24, 2.45) is 0 Å². The second-order valence-electron chi connectivity index (χ2n) is 5.37. The first-order valence-corrected chi connectivity index (χ1v) is 7.68. The van der Waals surface area contributed by atoms with Crippen molar-refractivity contribution >= 4 is 34.2 Å². The smallest absolute Gasteiger partial charge is 0.140 e. The van der Waals surface area contributed by atoms with Gasteiger partial charge < -0.3 is 13.6 Å². The standard InChI is InChI=1S/C19H14O3S/c1-11-18(17-9-12-5-3-4-6-15(12)22-17)19(23)14-8-7-13(20-2)10-16(14)21-11/h3-10H,1-2H3. The van der Waals surface area contributed by atoms with E-state index in [1.165, 1.54) is 0 Å². The van der Waals surface area contributed by atoms with Crippen LogP contribution in [0.2, 0.25) is 0 Å². The van der Waals surface area contributed by atoms with Crippen molar-refractivity contribution in [3.05, 3.63) is 58.8 Å². The summed E-state index contributed by atoms with van der Waals surface area (Å²) in [6.45, 7) is 1.90. The van der Waals surface area contributed by atoms with Gasteiger partial charge in [-0.05, 0) is 31.2 Å². The third-order valence-corrected chi connectivity index (χ3v) is 4.37. The van der Waals surface area contributed by atoms with Gasteiger partial charge in [0, 0.05) is 16.8 Å². The predicted octanol–water partition coefficient (Wildman–Crippen LogP) is 5.89. The van der Waals surface area contributed by atoms with Crippen LogP contribution >= 0.6 is 12.2 Å². The number of methoxy groups -OCH3 is 1. The summed E-state index contributed by atoms with van der Waals surface area (Å²) < 4.78 is 17.9. The molecule has 2 aromatic carbocycles. The van der Waals surface area contributed by atoms with E-state index >= 15 is 0 Å². The molecule has 0 N–H and O–H groups in total. The van der Waals surface area contributed by atoms with Crippen LogP contribution in [0, 0.1) is 11.4 Å². The molecule has 0 spiro atoms. The average Bonchev–Trinajstić information content (AvgIpc) is 2.97. The Morgan fingerprint density at radius 3 is 2.57 bits per heavy atom. The number of aryl methyl sites for hydroxylation is 1. The van der Waals surface area contributed by atoms with Gasteiger partial charge in [0.05, 0.1) is 17.2 Å². The lowest BCUT2D eigenvalue weighted by atomic mass is 10.1. The Morgan fingerprint density at radius 2 is 1.78 bits per heavy atom. The molecular weight excluding hydrogens is 308 g/mol. The lowest BCUT2D eigenvalue weighted by Gasteiger charge is -2.07. The van der Waals surface area contributed by atoms with Crippen LogP contribution in [0.25, 0.3) is 33.3 Å². The van der Waals surface area contributed by atoms with Crippen LogP contribution in [0.15, 0.2) is 57.4 Å². The van der Waals surface area contributed by atoms with Gasteiger partial charge in [-0.3, -0.25) is 0 Å². The monoisotopic (exact) mass is 322 g/mol. The summed E-state index contributed by atoms with van der Waals surface area (Å²) in [4.78, 5) is 0. The molecule has 0 bridgehead atoms. The van der Waals surface area contributed by atoms with Gasteiger partial charge in [0.1, 0.15) is 28.4 Å². The molecule has 0 unspecified atom stereocenters. The van der Waals surface area contributed by atoms with Crippen molar-refractivity contribution in [2.75, 3.05) is 7.11 Å². The lowest BCUT2D eigenvalue weighted by molar-refractivity contribution is 0.414. The minimum atomic E-state index is 0.715. The van der Waals surface area contributed by atoms with Crippen LogP contribution in [0.1, 0.15) is 5.76 Å². The van der Waals surface area contributed by atoms with E-state index < -0.39 is 0 Å². The molecule has 4 aromatic rings. The van der Waals surface area contributed by atoms with E-state index in [9.17, 15) is 0 Å². The minimum absolute atomic E-state index is 0.715. The fraction of sp³-hybridized carbons (Fsp3) is 0.105. The first kappa shape index (κ1) is 14.0. The number of ether oxygens (including phenoxy) is 1. The minimum Gasteiger partial charge on any atom is -0.497 e. The van der Waals surface area contributed by atoms with E-state index in [0.29, 0.717) is 5.58 Å². The van der Waals surface area contributed by atoms with Gasteiger partial charge in [0.2, 0.25) is 0 Å². The van der Waals surface area contributed by atoms with Crippen molar-refractivity contribution in [3.8, 4) is 17.1 Å². The zero-order valence-corrected chi connectivity index (χ0v) is 13.6. The molecule has 0 aliphatic rings. The molecule has 0 aliphatic heterocycles. The molecule has 0 aliphatic carbocycles. The highest BCUT2D eigenvalue weighted by Gasteiger charge is 2.15. The number of furan rings is 1. The van der Waals surface area contributed by atoms with Crippen molar-refractivity contribution in [3.63, 3.8) is 0 Å². The van der Waals surface area contributed by atoms with Gasteiger partial charge in [-0.1, -0.05) is 30.4 Å². The molecule has 2 aromatic heterocycles. The van der Waals surface area contributed by atoms with E-state index in [-0.39, 0.29) is 0 Å². The number of fused-ring (bicyclic) bond motifs is 2. The Balaban J connectivity index is 2.01. The van der Waals surface area contributed by atoms with Crippen molar-refractivity contribution in [1.29, 1.82) is 0 Å². The van der Waals surface area contributed by atoms with E-state index in [4.69, 9.17) is 25.8 Å². The summed E-state index contributed by atoms with van der Waals surface area (Å²) in [5.41, 5.74) is 2.38. The van der Waals surface area contributed by atoms with Crippen LogP contribution < -0.4 is 4.74 Å². The summed E-state index contributed by atoms with van der Waals surface area (Å²) in [6, 6.07) is 15.5. The fourth-order valence-electron chi connectivity index (χ4n) is 2.80. The maximum atomic E-state index is 5.96. The molecule has 0 amide bonds. The van der Waals surface area contributed by atoms with Crippen LogP contribution in [-0.2, 0) is 0 Å². The first-order chi connectivity index (χ1) is 11.2. The highest BCUT2D eigenvalue weighted by atomic mass is 32.1. The number of para-hydroxylation sites is 1. The Kier molecular flexibility index (Phi) is 3.20. The molecule has 4 heteroatoms. The van der Waals surface area contributed by atoms with Crippen molar-refractivity contribution in [2.45, 2.75) is 6.92 Å². The summed E-state index contributed by atoms with van der Waals surface area (Å²) in [5, 5.41) is 1.92. The SMILES string of the molecule is COc1ccc2c(=S)c(-c3cc4ccccc4o3)c(C)oc2c1. The highest BCUT2D eigenvalue weighted by Crippen LogP contribution is 2.35. The lowest BCUT2D eigenvalue weighted by Crippen LogP contribution is -1.88. The number of rotatable bonds is 2. The third kappa shape index (κ3) is 2.23. The van der Waals surface area contributed by atoms with Crippen LogP contribution in [-0.4, -0.2) is 7.11 Å². The van der Waals surface area contributed by atoms with Crippen LogP contribution in [0.3, 0.4) is 0 Å².